The summed E-state index contributed by atoms with van der Waals surface area (Å²) >= 11 is 3.46. The molecule has 1 N–H and O–H groups in total. The van der Waals surface area contributed by atoms with Crippen molar-refractivity contribution in [2.75, 3.05) is 13.6 Å². The molecule has 1 heterocycles. The average Bonchev–Trinajstić information content (AvgIpc) is 2.44. The number of nitrogens with one attached hydrogen (secondary N) is 1. The summed E-state index contributed by atoms with van der Waals surface area (Å²) in [7, 11) is 1.98. The minimum Gasteiger partial charge on any atom is -0.320 e. The maximum absolute atomic E-state index is 4.69. The van der Waals surface area contributed by atoms with Gasteiger partial charge in [0.15, 0.2) is 0 Å². The maximum atomic E-state index is 4.69. The fraction of sp³-hybridized carbons (Fsp3) is 0.412. The van der Waals surface area contributed by atoms with E-state index in [1.807, 2.05) is 7.05 Å². The van der Waals surface area contributed by atoms with E-state index in [9.17, 15) is 0 Å². The third kappa shape index (κ3) is 4.61. The second-order valence-corrected chi connectivity index (χ2v) is 6.22. The number of nitrogens with zero attached hydrogens (tertiary/aromatic N) is 2. The van der Waals surface area contributed by atoms with Gasteiger partial charge in [0.25, 0.3) is 0 Å². The fourth-order valence-electron chi connectivity index (χ4n) is 2.48. The molecule has 21 heavy (non-hydrogen) atoms. The molecule has 3 nitrogen and oxygen atoms in total. The van der Waals surface area contributed by atoms with E-state index in [1.54, 1.807) is 0 Å². The number of benzene rings is 1. The summed E-state index contributed by atoms with van der Waals surface area (Å²) in [5.41, 5.74) is 4.76. The lowest BCUT2D eigenvalue weighted by Gasteiger charge is -2.11. The van der Waals surface area contributed by atoms with Crippen LogP contribution in [0.4, 0.5) is 0 Å². The minimum absolute atomic E-state index is 0.783. The zero-order valence-electron chi connectivity index (χ0n) is 12.9. The Kier molecular flexibility index (Phi) is 5.88. The molecule has 1 aromatic carbocycles. The molecule has 0 atom stereocenters. The predicted molar refractivity (Wildman–Crippen MR) is 90.7 cm³/mol. The second-order valence-electron chi connectivity index (χ2n) is 5.30. The van der Waals surface area contributed by atoms with E-state index in [2.05, 4.69) is 69.3 Å². The summed E-state index contributed by atoms with van der Waals surface area (Å²) in [4.78, 5) is 9.37. The van der Waals surface area contributed by atoms with E-state index in [-0.39, 0.29) is 0 Å². The number of aryl methyl sites for hydroxylation is 2. The van der Waals surface area contributed by atoms with Gasteiger partial charge in [-0.3, -0.25) is 0 Å². The van der Waals surface area contributed by atoms with Crippen LogP contribution in [0.25, 0.3) is 0 Å². The first kappa shape index (κ1) is 16.1. The van der Waals surface area contributed by atoms with Gasteiger partial charge in [-0.25, -0.2) is 9.97 Å². The Hall–Kier alpha value is -1.26. The molecular formula is C17H22BrN3. The third-order valence-electron chi connectivity index (χ3n) is 3.60. The Morgan fingerprint density at radius 2 is 1.67 bits per heavy atom. The second kappa shape index (κ2) is 7.66. The van der Waals surface area contributed by atoms with Gasteiger partial charge in [0, 0.05) is 22.3 Å². The molecule has 2 aromatic rings. The molecule has 0 fully saturated rings. The number of rotatable bonds is 6. The average molecular weight is 348 g/mol. The van der Waals surface area contributed by atoms with Crippen LogP contribution in [0.15, 0.2) is 28.7 Å². The Bertz CT molecular complexity index is 570. The SMILES string of the molecule is CNCCCc1c(C)nc(Cc2ccc(Br)cc2)nc1C. The Morgan fingerprint density at radius 3 is 2.24 bits per heavy atom. The summed E-state index contributed by atoms with van der Waals surface area (Å²) in [5, 5.41) is 3.18. The minimum atomic E-state index is 0.783. The van der Waals surface area contributed by atoms with Crippen LogP contribution in [-0.4, -0.2) is 23.6 Å². The van der Waals surface area contributed by atoms with Gasteiger partial charge in [-0.1, -0.05) is 28.1 Å². The van der Waals surface area contributed by atoms with E-state index in [0.717, 1.165) is 47.5 Å². The highest BCUT2D eigenvalue weighted by atomic mass is 79.9. The summed E-state index contributed by atoms with van der Waals surface area (Å²) in [5.74, 6) is 0.907. The highest BCUT2D eigenvalue weighted by molar-refractivity contribution is 9.10. The van der Waals surface area contributed by atoms with Crippen LogP contribution < -0.4 is 5.32 Å². The molecule has 4 heteroatoms. The first-order valence-electron chi connectivity index (χ1n) is 7.32. The van der Waals surface area contributed by atoms with Crippen molar-refractivity contribution in [2.24, 2.45) is 0 Å². The lowest BCUT2D eigenvalue weighted by molar-refractivity contribution is 0.712. The highest BCUT2D eigenvalue weighted by Gasteiger charge is 2.09. The largest absolute Gasteiger partial charge is 0.320 e. The van der Waals surface area contributed by atoms with E-state index >= 15 is 0 Å². The van der Waals surface area contributed by atoms with Gasteiger partial charge >= 0.3 is 0 Å². The molecule has 112 valence electrons. The maximum Gasteiger partial charge on any atom is 0.133 e. The molecule has 0 bridgehead atoms. The quantitative estimate of drug-likeness (QED) is 0.811. The summed E-state index contributed by atoms with van der Waals surface area (Å²) < 4.78 is 1.10. The molecular weight excluding hydrogens is 326 g/mol. The molecule has 0 spiro atoms. The monoisotopic (exact) mass is 347 g/mol. The van der Waals surface area contributed by atoms with Crippen molar-refractivity contribution in [2.45, 2.75) is 33.1 Å². The van der Waals surface area contributed by atoms with E-state index in [4.69, 9.17) is 0 Å². The molecule has 2 rings (SSSR count). The van der Waals surface area contributed by atoms with Crippen LogP contribution in [0.1, 0.15) is 34.8 Å². The van der Waals surface area contributed by atoms with Crippen LogP contribution >= 0.6 is 15.9 Å². The van der Waals surface area contributed by atoms with E-state index < -0.39 is 0 Å². The number of hydrogen-bond acceptors (Lipinski definition) is 3. The smallest absolute Gasteiger partial charge is 0.133 e. The molecule has 0 radical (unpaired) electrons. The zero-order chi connectivity index (χ0) is 15.2. The Labute approximate surface area is 135 Å². The van der Waals surface area contributed by atoms with Crippen LogP contribution in [0, 0.1) is 13.8 Å². The van der Waals surface area contributed by atoms with E-state index in [0.29, 0.717) is 0 Å². The summed E-state index contributed by atoms with van der Waals surface area (Å²) in [6, 6.07) is 8.33. The van der Waals surface area contributed by atoms with Crippen LogP contribution in [-0.2, 0) is 12.8 Å². The van der Waals surface area contributed by atoms with Crippen molar-refractivity contribution in [3.05, 3.63) is 57.1 Å². The van der Waals surface area contributed by atoms with Gasteiger partial charge in [0.1, 0.15) is 5.82 Å². The standard InChI is InChI=1S/C17H22BrN3/c1-12-16(5-4-10-19-3)13(2)21-17(20-12)11-14-6-8-15(18)9-7-14/h6-9,19H,4-5,10-11H2,1-3H3. The Balaban J connectivity index is 2.13. The van der Waals surface area contributed by atoms with E-state index in [1.165, 1.54) is 11.1 Å². The number of halogens is 1. The van der Waals surface area contributed by atoms with Gasteiger partial charge in [-0.2, -0.15) is 0 Å². The molecule has 0 unspecified atom stereocenters. The third-order valence-corrected chi connectivity index (χ3v) is 4.12. The first-order valence-corrected chi connectivity index (χ1v) is 8.11. The summed E-state index contributed by atoms with van der Waals surface area (Å²) in [6.45, 7) is 5.21. The first-order chi connectivity index (χ1) is 10.1. The molecule has 1 aromatic heterocycles. The van der Waals surface area contributed by atoms with Crippen molar-refractivity contribution in [3.63, 3.8) is 0 Å². The van der Waals surface area contributed by atoms with Gasteiger partial charge in [-0.05, 0) is 63.5 Å². The summed E-state index contributed by atoms with van der Waals surface area (Å²) in [6.07, 6.45) is 2.94. The van der Waals surface area contributed by atoms with Gasteiger partial charge in [0.05, 0.1) is 0 Å². The molecule has 0 saturated carbocycles. The Morgan fingerprint density at radius 1 is 1.05 bits per heavy atom. The normalized spacial score (nSPS) is 10.9. The van der Waals surface area contributed by atoms with Crippen molar-refractivity contribution < 1.29 is 0 Å². The number of aromatic nitrogens is 2. The lowest BCUT2D eigenvalue weighted by Crippen LogP contribution is -2.11. The van der Waals surface area contributed by atoms with Crippen LogP contribution in [0.2, 0.25) is 0 Å². The van der Waals surface area contributed by atoms with Gasteiger partial charge in [0.2, 0.25) is 0 Å². The zero-order valence-corrected chi connectivity index (χ0v) is 14.5. The highest BCUT2D eigenvalue weighted by Crippen LogP contribution is 2.16. The molecule has 0 aliphatic carbocycles. The lowest BCUT2D eigenvalue weighted by atomic mass is 10.1. The van der Waals surface area contributed by atoms with Gasteiger partial charge < -0.3 is 5.32 Å². The number of hydrogen-bond donors (Lipinski definition) is 1. The predicted octanol–water partition coefficient (Wildman–Crippen LogP) is 3.60. The van der Waals surface area contributed by atoms with Crippen molar-refractivity contribution in [3.8, 4) is 0 Å². The van der Waals surface area contributed by atoms with Crippen molar-refractivity contribution >= 4 is 15.9 Å². The topological polar surface area (TPSA) is 37.8 Å². The molecule has 0 saturated heterocycles. The van der Waals surface area contributed by atoms with Crippen molar-refractivity contribution in [1.82, 2.24) is 15.3 Å². The van der Waals surface area contributed by atoms with Crippen molar-refractivity contribution in [1.29, 1.82) is 0 Å². The fourth-order valence-corrected chi connectivity index (χ4v) is 2.74. The molecule has 0 aliphatic heterocycles. The molecule has 0 amide bonds. The van der Waals surface area contributed by atoms with Gasteiger partial charge in [-0.15, -0.1) is 0 Å². The van der Waals surface area contributed by atoms with Crippen LogP contribution in [0.5, 0.6) is 0 Å². The van der Waals surface area contributed by atoms with Crippen LogP contribution in [0.3, 0.4) is 0 Å². The molecule has 0 aliphatic rings.